The van der Waals surface area contributed by atoms with Gasteiger partial charge in [0.25, 0.3) is 0 Å². The van der Waals surface area contributed by atoms with E-state index < -0.39 is 17.7 Å². The van der Waals surface area contributed by atoms with Crippen LogP contribution in [-0.2, 0) is 14.4 Å². The average molecular weight is 354 g/mol. The summed E-state index contributed by atoms with van der Waals surface area (Å²) in [5.41, 5.74) is 14.1. The van der Waals surface area contributed by atoms with Crippen molar-refractivity contribution in [2.24, 2.45) is 11.5 Å². The topological polar surface area (TPSA) is 111 Å². The Morgan fingerprint density at radius 2 is 1.62 bits per heavy atom. The van der Waals surface area contributed by atoms with Crippen LogP contribution in [0.4, 0.5) is 0 Å². The molecule has 0 fully saturated rings. The number of nitrogens with two attached hydrogens (primary N) is 2. The summed E-state index contributed by atoms with van der Waals surface area (Å²) >= 11 is 0. The smallest absolute Gasteiger partial charge is 0.247 e. The van der Waals surface area contributed by atoms with Crippen LogP contribution in [0.25, 0.3) is 11.8 Å². The van der Waals surface area contributed by atoms with Crippen molar-refractivity contribution < 1.29 is 14.4 Å². The Morgan fingerprint density at radius 1 is 1.04 bits per heavy atom. The lowest BCUT2D eigenvalue weighted by molar-refractivity contribution is -0.134. The van der Waals surface area contributed by atoms with Gasteiger partial charge in [0, 0.05) is 23.2 Å². The summed E-state index contributed by atoms with van der Waals surface area (Å²) in [7, 11) is 0. The molecule has 7 nitrogen and oxygen atoms in total. The first kappa shape index (κ1) is 19.0. The molecule has 1 aromatic heterocycles. The zero-order valence-electron chi connectivity index (χ0n) is 14.8. The number of para-hydroxylation sites is 1. The van der Waals surface area contributed by atoms with E-state index in [9.17, 15) is 14.4 Å². The molecular formula is C19H22N4O3. The van der Waals surface area contributed by atoms with Gasteiger partial charge in [0.1, 0.15) is 13.1 Å². The molecule has 26 heavy (non-hydrogen) atoms. The molecule has 0 saturated carbocycles. The van der Waals surface area contributed by atoms with Gasteiger partial charge in [-0.05, 0) is 43.7 Å². The second kappa shape index (κ2) is 8.15. The Balaban J connectivity index is 2.25. The Labute approximate surface area is 151 Å². The molecule has 2 aromatic rings. The van der Waals surface area contributed by atoms with E-state index in [2.05, 4.69) is 4.57 Å². The number of benzene rings is 1. The van der Waals surface area contributed by atoms with Gasteiger partial charge in [-0.25, -0.2) is 0 Å². The minimum absolute atomic E-state index is 0.366. The lowest BCUT2D eigenvalue weighted by Crippen LogP contribution is -2.42. The molecule has 1 aromatic carbocycles. The summed E-state index contributed by atoms with van der Waals surface area (Å²) in [6, 6.07) is 11.8. The molecule has 2 rings (SSSR count). The van der Waals surface area contributed by atoms with Gasteiger partial charge >= 0.3 is 0 Å². The maximum atomic E-state index is 12.3. The number of hydrogen-bond donors (Lipinski definition) is 2. The second-order valence-electron chi connectivity index (χ2n) is 5.96. The van der Waals surface area contributed by atoms with E-state index >= 15 is 0 Å². The number of carbonyl (C=O) groups excluding carboxylic acids is 3. The number of aromatic nitrogens is 1. The Morgan fingerprint density at radius 3 is 2.15 bits per heavy atom. The molecule has 7 heteroatoms. The van der Waals surface area contributed by atoms with Gasteiger partial charge in [-0.1, -0.05) is 18.2 Å². The molecule has 0 atom stereocenters. The van der Waals surface area contributed by atoms with E-state index in [-0.39, 0.29) is 13.1 Å². The van der Waals surface area contributed by atoms with Crippen molar-refractivity contribution in [3.05, 3.63) is 59.4 Å². The fourth-order valence-electron chi connectivity index (χ4n) is 2.79. The number of rotatable bonds is 7. The van der Waals surface area contributed by atoms with Crippen molar-refractivity contribution in [3.63, 3.8) is 0 Å². The maximum absolute atomic E-state index is 12.3. The number of primary amides is 2. The number of nitrogens with zero attached hydrogens (tertiary/aromatic N) is 2. The molecule has 3 amide bonds. The molecule has 0 radical (unpaired) electrons. The van der Waals surface area contributed by atoms with E-state index in [1.807, 2.05) is 50.2 Å². The minimum atomic E-state index is -0.713. The highest BCUT2D eigenvalue weighted by Crippen LogP contribution is 2.21. The van der Waals surface area contributed by atoms with Crippen molar-refractivity contribution in [2.45, 2.75) is 13.8 Å². The van der Waals surface area contributed by atoms with Gasteiger partial charge in [0.15, 0.2) is 0 Å². The Bertz CT molecular complexity index is 837. The second-order valence-corrected chi connectivity index (χ2v) is 5.96. The molecule has 4 N–H and O–H groups in total. The monoisotopic (exact) mass is 354 g/mol. The first-order valence-electron chi connectivity index (χ1n) is 8.07. The van der Waals surface area contributed by atoms with Crippen molar-refractivity contribution >= 4 is 23.8 Å². The third-order valence-electron chi connectivity index (χ3n) is 3.90. The zero-order chi connectivity index (χ0) is 19.3. The first-order valence-corrected chi connectivity index (χ1v) is 8.07. The highest BCUT2D eigenvalue weighted by atomic mass is 16.2. The average Bonchev–Trinajstić information content (AvgIpc) is 2.85. The molecule has 0 unspecified atom stereocenters. The van der Waals surface area contributed by atoms with E-state index in [1.54, 1.807) is 6.08 Å². The summed E-state index contributed by atoms with van der Waals surface area (Å²) in [5.74, 6) is -1.93. The Hall–Kier alpha value is -3.35. The minimum Gasteiger partial charge on any atom is -0.368 e. The molecule has 136 valence electrons. The molecule has 0 aliphatic rings. The van der Waals surface area contributed by atoms with Crippen LogP contribution in [0, 0.1) is 13.8 Å². The molecule has 1 heterocycles. The predicted molar refractivity (Wildman–Crippen MR) is 99.2 cm³/mol. The van der Waals surface area contributed by atoms with Crippen LogP contribution in [0.1, 0.15) is 17.0 Å². The summed E-state index contributed by atoms with van der Waals surface area (Å²) < 4.78 is 2.08. The summed E-state index contributed by atoms with van der Waals surface area (Å²) in [6.45, 7) is 3.20. The van der Waals surface area contributed by atoms with Gasteiger partial charge in [-0.3, -0.25) is 14.4 Å². The van der Waals surface area contributed by atoms with Crippen LogP contribution < -0.4 is 11.5 Å². The zero-order valence-corrected chi connectivity index (χ0v) is 14.8. The van der Waals surface area contributed by atoms with Crippen molar-refractivity contribution in [2.75, 3.05) is 13.1 Å². The number of aryl methyl sites for hydroxylation is 1. The molecule has 0 bridgehead atoms. The Kier molecular flexibility index (Phi) is 5.95. The van der Waals surface area contributed by atoms with Gasteiger partial charge in [-0.2, -0.15) is 0 Å². The summed E-state index contributed by atoms with van der Waals surface area (Å²) in [4.78, 5) is 35.4. The van der Waals surface area contributed by atoms with Gasteiger partial charge in [0.2, 0.25) is 17.7 Å². The number of hydrogen-bond acceptors (Lipinski definition) is 3. The van der Waals surface area contributed by atoms with Crippen LogP contribution in [0.2, 0.25) is 0 Å². The fraction of sp³-hybridized carbons (Fsp3) is 0.211. The van der Waals surface area contributed by atoms with Crippen LogP contribution in [0.5, 0.6) is 0 Å². The normalized spacial score (nSPS) is 10.8. The van der Waals surface area contributed by atoms with E-state index in [1.165, 1.54) is 6.08 Å². The summed E-state index contributed by atoms with van der Waals surface area (Å²) in [6.07, 6.45) is 2.96. The SMILES string of the molecule is Cc1cc(C=CC(=O)N(CC(N)=O)CC(N)=O)c(C)n1-c1ccccc1. The number of amides is 3. The molecule has 0 aliphatic carbocycles. The van der Waals surface area contributed by atoms with Crippen LogP contribution in [0.3, 0.4) is 0 Å². The van der Waals surface area contributed by atoms with Crippen LogP contribution in [-0.4, -0.2) is 40.3 Å². The summed E-state index contributed by atoms with van der Waals surface area (Å²) in [5, 5.41) is 0. The quantitative estimate of drug-likeness (QED) is 0.721. The number of carbonyl (C=O) groups is 3. The third kappa shape index (κ3) is 4.60. The molecular weight excluding hydrogens is 332 g/mol. The van der Waals surface area contributed by atoms with Gasteiger partial charge in [-0.15, -0.1) is 0 Å². The van der Waals surface area contributed by atoms with E-state index in [4.69, 9.17) is 11.5 Å². The lowest BCUT2D eigenvalue weighted by Gasteiger charge is -2.17. The van der Waals surface area contributed by atoms with Crippen molar-refractivity contribution in [3.8, 4) is 5.69 Å². The molecule has 0 saturated heterocycles. The first-order chi connectivity index (χ1) is 12.3. The third-order valence-corrected chi connectivity index (χ3v) is 3.90. The van der Waals surface area contributed by atoms with Gasteiger partial charge < -0.3 is 20.9 Å². The molecule has 0 aliphatic heterocycles. The molecule has 0 spiro atoms. The predicted octanol–water partition coefficient (Wildman–Crippen LogP) is 0.907. The van der Waals surface area contributed by atoms with E-state index in [0.29, 0.717) is 0 Å². The van der Waals surface area contributed by atoms with Crippen LogP contribution >= 0.6 is 0 Å². The van der Waals surface area contributed by atoms with Crippen molar-refractivity contribution in [1.82, 2.24) is 9.47 Å². The van der Waals surface area contributed by atoms with Crippen molar-refractivity contribution in [1.29, 1.82) is 0 Å². The lowest BCUT2D eigenvalue weighted by atomic mass is 10.2. The van der Waals surface area contributed by atoms with Crippen LogP contribution in [0.15, 0.2) is 42.5 Å². The largest absolute Gasteiger partial charge is 0.368 e. The maximum Gasteiger partial charge on any atom is 0.247 e. The van der Waals surface area contributed by atoms with Gasteiger partial charge in [0.05, 0.1) is 0 Å². The fourth-order valence-corrected chi connectivity index (χ4v) is 2.79. The highest BCUT2D eigenvalue weighted by Gasteiger charge is 2.16. The highest BCUT2D eigenvalue weighted by molar-refractivity contribution is 5.96. The van der Waals surface area contributed by atoms with E-state index in [0.717, 1.165) is 27.5 Å². The standard InChI is InChI=1S/C19H22N4O3/c1-13-10-15(14(2)23(13)16-6-4-3-5-7-16)8-9-19(26)22(11-17(20)24)12-18(21)25/h3-10H,11-12H2,1-2H3,(H2,20,24)(H2,21,25).